The SMILES string of the molecule is CN[C@@H](C)C(=O)N[C@](N)(C(=O)N1CCC[C@H]1CN(CCCc1ccccc1)CCC1=CC=CCC1)C1CCCCC1. The van der Waals surface area contributed by atoms with Gasteiger partial charge in [-0.2, -0.15) is 0 Å². The van der Waals surface area contributed by atoms with Crippen molar-refractivity contribution in [2.75, 3.05) is 33.2 Å². The van der Waals surface area contributed by atoms with Crippen molar-refractivity contribution in [3.63, 3.8) is 0 Å². The third kappa shape index (κ3) is 8.76. The molecule has 226 valence electrons. The van der Waals surface area contributed by atoms with Crippen LogP contribution < -0.4 is 16.4 Å². The van der Waals surface area contributed by atoms with Gasteiger partial charge in [0.2, 0.25) is 5.91 Å². The highest BCUT2D eigenvalue weighted by Crippen LogP contribution is 2.33. The minimum atomic E-state index is -1.36. The van der Waals surface area contributed by atoms with Gasteiger partial charge in [-0.25, -0.2) is 0 Å². The fourth-order valence-electron chi connectivity index (χ4n) is 6.77. The molecule has 7 heteroatoms. The summed E-state index contributed by atoms with van der Waals surface area (Å²) in [6, 6.07) is 10.4. The second-order valence-corrected chi connectivity index (χ2v) is 12.4. The second kappa shape index (κ2) is 15.7. The van der Waals surface area contributed by atoms with Gasteiger partial charge in [-0.3, -0.25) is 9.59 Å². The molecule has 1 saturated heterocycles. The monoisotopic (exact) mass is 563 g/mol. The van der Waals surface area contributed by atoms with Gasteiger partial charge in [0, 0.05) is 31.6 Å². The van der Waals surface area contributed by atoms with Gasteiger partial charge in [0.05, 0.1) is 6.04 Å². The maximum absolute atomic E-state index is 14.3. The molecule has 0 bridgehead atoms. The fraction of sp³-hybridized carbons (Fsp3) is 0.647. The van der Waals surface area contributed by atoms with Gasteiger partial charge in [-0.05, 0) is 83.9 Å². The van der Waals surface area contributed by atoms with E-state index in [4.69, 9.17) is 5.73 Å². The predicted octanol–water partition coefficient (Wildman–Crippen LogP) is 4.54. The summed E-state index contributed by atoms with van der Waals surface area (Å²) < 4.78 is 0. The number of nitrogens with two attached hydrogens (primary N) is 1. The summed E-state index contributed by atoms with van der Waals surface area (Å²) >= 11 is 0. The summed E-state index contributed by atoms with van der Waals surface area (Å²) in [6.45, 7) is 5.37. The number of rotatable bonds is 14. The van der Waals surface area contributed by atoms with Gasteiger partial charge >= 0.3 is 0 Å². The molecule has 0 radical (unpaired) electrons. The van der Waals surface area contributed by atoms with E-state index in [0.717, 1.165) is 96.7 Å². The van der Waals surface area contributed by atoms with Crippen molar-refractivity contribution in [1.82, 2.24) is 20.4 Å². The van der Waals surface area contributed by atoms with Crippen LogP contribution in [0.5, 0.6) is 0 Å². The van der Waals surface area contributed by atoms with E-state index in [2.05, 4.69) is 64.1 Å². The number of aryl methyl sites for hydroxylation is 1. The first-order valence-corrected chi connectivity index (χ1v) is 16.1. The Balaban J connectivity index is 1.46. The molecule has 7 nitrogen and oxygen atoms in total. The molecule has 1 saturated carbocycles. The average molecular weight is 564 g/mol. The summed E-state index contributed by atoms with van der Waals surface area (Å²) in [5.74, 6) is -0.332. The maximum Gasteiger partial charge on any atom is 0.263 e. The number of hydrogen-bond donors (Lipinski definition) is 3. The number of amides is 2. The van der Waals surface area contributed by atoms with E-state index in [0.29, 0.717) is 6.54 Å². The molecule has 0 spiro atoms. The highest BCUT2D eigenvalue weighted by atomic mass is 16.2. The molecule has 4 rings (SSSR count). The number of likely N-dealkylation sites (tertiary alicyclic amines) is 1. The molecule has 0 unspecified atom stereocenters. The Bertz CT molecular complexity index is 1030. The van der Waals surface area contributed by atoms with Crippen molar-refractivity contribution in [2.24, 2.45) is 11.7 Å². The minimum Gasteiger partial charge on any atom is -0.335 e. The zero-order valence-corrected chi connectivity index (χ0v) is 25.5. The average Bonchev–Trinajstić information content (AvgIpc) is 3.48. The Morgan fingerprint density at radius 2 is 1.85 bits per heavy atom. The van der Waals surface area contributed by atoms with Gasteiger partial charge < -0.3 is 26.2 Å². The van der Waals surface area contributed by atoms with E-state index < -0.39 is 11.7 Å². The molecule has 4 N–H and O–H groups in total. The molecule has 41 heavy (non-hydrogen) atoms. The quantitative estimate of drug-likeness (QED) is 0.289. The molecule has 1 aromatic rings. The van der Waals surface area contributed by atoms with Crippen LogP contribution in [0.1, 0.15) is 83.1 Å². The lowest BCUT2D eigenvalue weighted by Gasteiger charge is -2.43. The number of benzene rings is 1. The largest absolute Gasteiger partial charge is 0.335 e. The first-order chi connectivity index (χ1) is 19.9. The molecule has 2 aliphatic carbocycles. The van der Waals surface area contributed by atoms with Crippen molar-refractivity contribution in [3.8, 4) is 0 Å². The summed E-state index contributed by atoms with van der Waals surface area (Å²) in [4.78, 5) is 32.0. The zero-order chi connectivity index (χ0) is 29.1. The Morgan fingerprint density at radius 1 is 1.07 bits per heavy atom. The molecular weight excluding hydrogens is 510 g/mol. The molecule has 0 aromatic heterocycles. The first kappa shape index (κ1) is 31.5. The van der Waals surface area contributed by atoms with Gasteiger partial charge in [0.1, 0.15) is 0 Å². The predicted molar refractivity (Wildman–Crippen MR) is 167 cm³/mol. The number of nitrogens with one attached hydrogen (secondary N) is 2. The maximum atomic E-state index is 14.3. The molecule has 1 aliphatic heterocycles. The standard InChI is InChI=1S/C34H53N5O2/c1-27(36-2)32(40)37-34(35,30-19-10-5-11-20-30)33(41)39-24-13-21-31(39)26-38(25-22-29-16-8-4-9-17-29)23-12-18-28-14-6-3-7-15-28/h3-4,6-8,14-16,27,30-31,36H,5,9-13,17-26,35H2,1-2H3,(H,37,40)/t27-,31-,34-/m0/s1. The lowest BCUT2D eigenvalue weighted by molar-refractivity contribution is -0.146. The first-order valence-electron chi connectivity index (χ1n) is 16.1. The number of carbonyl (C=O) groups excluding carboxylic acids is 2. The van der Waals surface area contributed by atoms with Crippen LogP contribution in [0, 0.1) is 5.92 Å². The van der Waals surface area contributed by atoms with Gasteiger partial charge in [0.25, 0.3) is 5.91 Å². The van der Waals surface area contributed by atoms with Crippen LogP contribution in [0.25, 0.3) is 0 Å². The highest BCUT2D eigenvalue weighted by Gasteiger charge is 2.48. The molecular formula is C34H53N5O2. The number of allylic oxidation sites excluding steroid dienone is 3. The van der Waals surface area contributed by atoms with Crippen LogP contribution in [0.4, 0.5) is 0 Å². The van der Waals surface area contributed by atoms with Crippen LogP contribution in [0.15, 0.2) is 54.1 Å². The van der Waals surface area contributed by atoms with Crippen LogP contribution in [-0.2, 0) is 16.0 Å². The lowest BCUT2D eigenvalue weighted by Crippen LogP contribution is -2.71. The smallest absolute Gasteiger partial charge is 0.263 e. The number of hydrogen-bond acceptors (Lipinski definition) is 5. The van der Waals surface area contributed by atoms with E-state index in [1.807, 2.05) is 11.8 Å². The molecule has 1 aromatic carbocycles. The van der Waals surface area contributed by atoms with Crippen molar-refractivity contribution < 1.29 is 9.59 Å². The van der Waals surface area contributed by atoms with E-state index >= 15 is 0 Å². The van der Waals surface area contributed by atoms with Crippen LogP contribution in [0.2, 0.25) is 0 Å². The molecule has 3 atom stereocenters. The Morgan fingerprint density at radius 3 is 2.56 bits per heavy atom. The van der Waals surface area contributed by atoms with Crippen LogP contribution >= 0.6 is 0 Å². The Hall–Kier alpha value is -2.48. The van der Waals surface area contributed by atoms with Crippen LogP contribution in [0.3, 0.4) is 0 Å². The highest BCUT2D eigenvalue weighted by molar-refractivity contribution is 5.93. The second-order valence-electron chi connectivity index (χ2n) is 12.4. The molecule has 2 fully saturated rings. The van der Waals surface area contributed by atoms with Gasteiger partial charge in [-0.1, -0.05) is 73.4 Å². The van der Waals surface area contributed by atoms with Crippen molar-refractivity contribution in [3.05, 3.63) is 59.7 Å². The van der Waals surface area contributed by atoms with E-state index in [9.17, 15) is 9.59 Å². The Labute approximate surface area is 248 Å². The number of nitrogens with zero attached hydrogens (tertiary/aromatic N) is 2. The summed E-state index contributed by atoms with van der Waals surface area (Å²) in [5, 5.41) is 6.04. The fourth-order valence-corrected chi connectivity index (χ4v) is 6.77. The topological polar surface area (TPSA) is 90.7 Å². The summed E-state index contributed by atoms with van der Waals surface area (Å²) in [7, 11) is 1.76. The normalized spacial score (nSPS) is 21.9. The molecule has 2 amide bonds. The molecule has 3 aliphatic rings. The number of likely N-dealkylation sites (N-methyl/N-ethyl adjacent to an activating group) is 1. The van der Waals surface area contributed by atoms with Crippen molar-refractivity contribution in [1.29, 1.82) is 0 Å². The van der Waals surface area contributed by atoms with Gasteiger partial charge in [-0.15, -0.1) is 0 Å². The van der Waals surface area contributed by atoms with Gasteiger partial charge in [0.15, 0.2) is 5.66 Å². The lowest BCUT2D eigenvalue weighted by atomic mass is 9.79. The third-order valence-corrected chi connectivity index (χ3v) is 9.50. The zero-order valence-electron chi connectivity index (χ0n) is 25.5. The van der Waals surface area contributed by atoms with E-state index in [1.165, 1.54) is 11.1 Å². The minimum absolute atomic E-state index is 0.0359. The van der Waals surface area contributed by atoms with Crippen LogP contribution in [-0.4, -0.2) is 72.6 Å². The van der Waals surface area contributed by atoms with E-state index in [-0.39, 0.29) is 23.8 Å². The third-order valence-electron chi connectivity index (χ3n) is 9.50. The summed E-state index contributed by atoms with van der Waals surface area (Å²) in [6.07, 6.45) is 19.2. The molecule has 1 heterocycles. The van der Waals surface area contributed by atoms with E-state index in [1.54, 1.807) is 7.05 Å². The summed E-state index contributed by atoms with van der Waals surface area (Å²) in [5.41, 5.74) is 8.53. The van der Waals surface area contributed by atoms with Crippen molar-refractivity contribution in [2.45, 2.75) is 102 Å². The van der Waals surface area contributed by atoms with Crippen molar-refractivity contribution >= 4 is 11.8 Å². The number of carbonyl (C=O) groups is 2. The Kier molecular flexibility index (Phi) is 12.0.